The molecule has 0 aliphatic carbocycles. The zero-order chi connectivity index (χ0) is 17.9. The molecule has 1 saturated heterocycles. The van der Waals surface area contributed by atoms with Gasteiger partial charge in [0.1, 0.15) is 11.9 Å². The molecular formula is C19H19ClN4O2. The molecule has 0 bridgehead atoms. The minimum Gasteiger partial charge on any atom is -0.490 e. The number of rotatable bonds is 4. The number of carbonyl (C=O) groups excluding carboxylic acids is 1. The number of amides is 1. The van der Waals surface area contributed by atoms with E-state index >= 15 is 0 Å². The highest BCUT2D eigenvalue weighted by Crippen LogP contribution is 2.21. The number of halogens is 1. The second-order valence-electron chi connectivity index (χ2n) is 6.26. The molecule has 3 aromatic rings. The van der Waals surface area contributed by atoms with Crippen molar-refractivity contribution in [1.82, 2.24) is 14.9 Å². The lowest BCUT2D eigenvalue weighted by Crippen LogP contribution is -2.34. The average molecular weight is 371 g/mol. The van der Waals surface area contributed by atoms with Gasteiger partial charge in [-0.25, -0.2) is 4.52 Å². The van der Waals surface area contributed by atoms with Gasteiger partial charge in [0, 0.05) is 11.9 Å². The van der Waals surface area contributed by atoms with Gasteiger partial charge in [-0.2, -0.15) is 5.10 Å². The number of nitrogens with one attached hydrogen (secondary N) is 2. The first-order valence-corrected chi connectivity index (χ1v) is 8.99. The van der Waals surface area contributed by atoms with Crippen molar-refractivity contribution in [2.24, 2.45) is 0 Å². The molecule has 6 nitrogen and oxygen atoms in total. The van der Waals surface area contributed by atoms with Gasteiger partial charge >= 0.3 is 0 Å². The molecule has 0 unspecified atom stereocenters. The molecule has 0 saturated carbocycles. The fraction of sp³-hybridized carbons (Fsp3) is 0.263. The maximum atomic E-state index is 12.4. The van der Waals surface area contributed by atoms with E-state index in [-0.39, 0.29) is 12.0 Å². The van der Waals surface area contributed by atoms with Gasteiger partial charge in [-0.05, 0) is 68.4 Å². The Hall–Kier alpha value is -2.57. The van der Waals surface area contributed by atoms with Crippen LogP contribution in [0.3, 0.4) is 0 Å². The Balaban J connectivity index is 1.42. The Morgan fingerprint density at radius 1 is 1.23 bits per heavy atom. The number of ether oxygens (including phenoxy) is 1. The van der Waals surface area contributed by atoms with Crippen LogP contribution in [0.5, 0.6) is 5.75 Å². The van der Waals surface area contributed by atoms with Crippen molar-refractivity contribution in [2.45, 2.75) is 18.9 Å². The van der Waals surface area contributed by atoms with Crippen molar-refractivity contribution in [1.29, 1.82) is 0 Å². The maximum absolute atomic E-state index is 12.4. The summed E-state index contributed by atoms with van der Waals surface area (Å²) in [7, 11) is 0. The van der Waals surface area contributed by atoms with E-state index in [0.717, 1.165) is 31.7 Å². The summed E-state index contributed by atoms with van der Waals surface area (Å²) in [6.45, 7) is 1.98. The Bertz CT molecular complexity index is 917. The highest BCUT2D eigenvalue weighted by molar-refractivity contribution is 6.33. The maximum Gasteiger partial charge on any atom is 0.276 e. The summed E-state index contributed by atoms with van der Waals surface area (Å²) in [5, 5.41) is 11.0. The number of fused-ring (bicyclic) bond motifs is 1. The molecular weight excluding hydrogens is 352 g/mol. The van der Waals surface area contributed by atoms with Crippen LogP contribution in [-0.4, -0.2) is 34.7 Å². The highest BCUT2D eigenvalue weighted by atomic mass is 35.5. The largest absolute Gasteiger partial charge is 0.490 e. The van der Waals surface area contributed by atoms with E-state index in [0.29, 0.717) is 21.9 Å². The molecule has 2 N–H and O–H groups in total. The summed E-state index contributed by atoms with van der Waals surface area (Å²) in [5.41, 5.74) is 1.70. The van der Waals surface area contributed by atoms with Crippen molar-refractivity contribution in [3.05, 3.63) is 59.4 Å². The Morgan fingerprint density at radius 3 is 2.73 bits per heavy atom. The van der Waals surface area contributed by atoms with E-state index in [9.17, 15) is 4.79 Å². The number of hydrogen-bond donors (Lipinski definition) is 2. The number of pyridine rings is 1. The van der Waals surface area contributed by atoms with Gasteiger partial charge < -0.3 is 15.4 Å². The fourth-order valence-corrected chi connectivity index (χ4v) is 3.22. The number of piperidine rings is 1. The first-order chi connectivity index (χ1) is 12.7. The molecule has 1 aliphatic heterocycles. The van der Waals surface area contributed by atoms with Crippen LogP contribution in [0.15, 0.2) is 48.7 Å². The Morgan fingerprint density at radius 2 is 2.00 bits per heavy atom. The van der Waals surface area contributed by atoms with Crippen LogP contribution in [0.25, 0.3) is 5.52 Å². The van der Waals surface area contributed by atoms with Crippen LogP contribution in [-0.2, 0) is 0 Å². The number of benzene rings is 1. The van der Waals surface area contributed by atoms with Gasteiger partial charge in [0.25, 0.3) is 5.91 Å². The van der Waals surface area contributed by atoms with Gasteiger partial charge in [-0.1, -0.05) is 11.6 Å². The Labute approximate surface area is 156 Å². The number of carbonyl (C=O) groups is 1. The first kappa shape index (κ1) is 16.9. The zero-order valence-electron chi connectivity index (χ0n) is 14.1. The van der Waals surface area contributed by atoms with E-state index in [2.05, 4.69) is 15.7 Å². The van der Waals surface area contributed by atoms with Crippen molar-refractivity contribution in [3.8, 4) is 5.75 Å². The quantitative estimate of drug-likeness (QED) is 0.738. The number of hydrogen-bond acceptors (Lipinski definition) is 4. The van der Waals surface area contributed by atoms with E-state index < -0.39 is 0 Å². The number of aromatic nitrogens is 2. The summed E-state index contributed by atoms with van der Waals surface area (Å²) in [4.78, 5) is 12.4. The predicted molar refractivity (Wildman–Crippen MR) is 101 cm³/mol. The summed E-state index contributed by atoms with van der Waals surface area (Å²) < 4.78 is 7.56. The topological polar surface area (TPSA) is 67.7 Å². The molecule has 0 atom stereocenters. The van der Waals surface area contributed by atoms with Crippen LogP contribution in [0, 0.1) is 0 Å². The standard InChI is InChI=1S/C19H19ClN4O2/c20-16-2-1-11-24-18(16)12-17(23-24)19(25)22-13-3-5-14(6-4-13)26-15-7-9-21-10-8-15/h1-6,11-12,15,21H,7-10H2,(H,22,25). The normalized spacial score (nSPS) is 15.1. The minimum atomic E-state index is -0.281. The SMILES string of the molecule is O=C(Nc1ccc(OC2CCNCC2)cc1)c1cc2c(Cl)cccn2n1. The average Bonchev–Trinajstić information content (AvgIpc) is 3.10. The van der Waals surface area contributed by atoms with Crippen LogP contribution in [0.2, 0.25) is 5.02 Å². The summed E-state index contributed by atoms with van der Waals surface area (Å²) in [6, 6.07) is 12.6. The van der Waals surface area contributed by atoms with Crippen LogP contribution in [0.1, 0.15) is 23.3 Å². The second-order valence-corrected chi connectivity index (χ2v) is 6.67. The summed E-state index contributed by atoms with van der Waals surface area (Å²) >= 11 is 6.12. The third-order valence-electron chi connectivity index (χ3n) is 4.38. The lowest BCUT2D eigenvalue weighted by Gasteiger charge is -2.23. The monoisotopic (exact) mass is 370 g/mol. The van der Waals surface area contributed by atoms with Gasteiger partial charge in [-0.15, -0.1) is 0 Å². The second kappa shape index (κ2) is 7.35. The lowest BCUT2D eigenvalue weighted by atomic mass is 10.1. The molecule has 7 heteroatoms. The van der Waals surface area contributed by atoms with Crippen LogP contribution in [0.4, 0.5) is 5.69 Å². The van der Waals surface area contributed by atoms with Crippen LogP contribution >= 0.6 is 11.6 Å². The molecule has 1 aromatic carbocycles. The molecule has 4 rings (SSSR count). The van der Waals surface area contributed by atoms with E-state index in [1.54, 1.807) is 28.9 Å². The lowest BCUT2D eigenvalue weighted by molar-refractivity contribution is 0.102. The number of nitrogens with zero attached hydrogens (tertiary/aromatic N) is 2. The Kier molecular flexibility index (Phi) is 4.77. The molecule has 1 amide bonds. The van der Waals surface area contributed by atoms with Crippen molar-refractivity contribution in [3.63, 3.8) is 0 Å². The first-order valence-electron chi connectivity index (χ1n) is 8.62. The van der Waals surface area contributed by atoms with Crippen LogP contribution < -0.4 is 15.4 Å². The summed E-state index contributed by atoms with van der Waals surface area (Å²) in [6.07, 6.45) is 4.02. The van der Waals surface area contributed by atoms with E-state index in [1.165, 1.54) is 0 Å². The third kappa shape index (κ3) is 3.66. The third-order valence-corrected chi connectivity index (χ3v) is 4.70. The molecule has 1 fully saturated rings. The molecule has 3 heterocycles. The number of anilines is 1. The van der Waals surface area contributed by atoms with Gasteiger partial charge in [0.2, 0.25) is 0 Å². The molecule has 0 spiro atoms. The van der Waals surface area contributed by atoms with Gasteiger partial charge in [0.15, 0.2) is 5.69 Å². The van der Waals surface area contributed by atoms with Crippen molar-refractivity contribution < 1.29 is 9.53 Å². The summed E-state index contributed by atoms with van der Waals surface area (Å²) in [5.74, 6) is 0.534. The molecule has 26 heavy (non-hydrogen) atoms. The predicted octanol–water partition coefficient (Wildman–Crippen LogP) is 3.37. The molecule has 134 valence electrons. The fourth-order valence-electron chi connectivity index (χ4n) is 3.01. The minimum absolute atomic E-state index is 0.249. The van der Waals surface area contributed by atoms with Crippen molar-refractivity contribution >= 4 is 28.7 Å². The van der Waals surface area contributed by atoms with E-state index in [1.807, 2.05) is 24.3 Å². The highest BCUT2D eigenvalue weighted by Gasteiger charge is 2.15. The van der Waals surface area contributed by atoms with Gasteiger partial charge in [-0.3, -0.25) is 4.79 Å². The van der Waals surface area contributed by atoms with Gasteiger partial charge in [0.05, 0.1) is 10.5 Å². The van der Waals surface area contributed by atoms with E-state index in [4.69, 9.17) is 16.3 Å². The molecule has 1 aliphatic rings. The molecule has 2 aromatic heterocycles. The zero-order valence-corrected chi connectivity index (χ0v) is 14.9. The molecule has 0 radical (unpaired) electrons. The smallest absolute Gasteiger partial charge is 0.276 e. The van der Waals surface area contributed by atoms with Crippen molar-refractivity contribution in [2.75, 3.05) is 18.4 Å².